The summed E-state index contributed by atoms with van der Waals surface area (Å²) in [6, 6.07) is 9.83. The van der Waals surface area contributed by atoms with Crippen molar-refractivity contribution in [1.82, 2.24) is 15.1 Å². The van der Waals surface area contributed by atoms with Crippen LogP contribution in [0.4, 0.5) is 0 Å². The zero-order chi connectivity index (χ0) is 13.2. The first-order valence-corrected chi connectivity index (χ1v) is 7.09. The molecule has 0 spiro atoms. The van der Waals surface area contributed by atoms with Crippen molar-refractivity contribution in [2.24, 2.45) is 0 Å². The van der Waals surface area contributed by atoms with Gasteiger partial charge in [0.25, 0.3) is 5.91 Å². The van der Waals surface area contributed by atoms with Gasteiger partial charge >= 0.3 is 0 Å². The summed E-state index contributed by atoms with van der Waals surface area (Å²) in [5.74, 6) is -0.0857. The monoisotopic (exact) mass is 289 g/mol. The largest absolute Gasteiger partial charge is 0.331 e. The molecule has 4 nitrogen and oxygen atoms in total. The highest BCUT2D eigenvalue weighted by molar-refractivity contribution is 8.14. The molecule has 3 rings (SSSR count). The average molecular weight is 289 g/mol. The molecule has 1 N–H and O–H groups in total. The lowest BCUT2D eigenvalue weighted by molar-refractivity contribution is -0.116. The van der Waals surface area contributed by atoms with Crippen molar-refractivity contribution in [3.8, 4) is 5.69 Å². The lowest BCUT2D eigenvalue weighted by Crippen LogP contribution is -2.19. The van der Waals surface area contributed by atoms with Gasteiger partial charge in [0.15, 0.2) is 0 Å². The Hall–Kier alpha value is -1.66. The van der Waals surface area contributed by atoms with E-state index in [1.165, 1.54) is 11.8 Å². The summed E-state index contributed by atoms with van der Waals surface area (Å²) in [5, 5.41) is 7.00. The first kappa shape index (κ1) is 12.4. The van der Waals surface area contributed by atoms with E-state index in [0.717, 1.165) is 11.3 Å². The van der Waals surface area contributed by atoms with Crippen LogP contribution in [0.3, 0.4) is 0 Å². The van der Waals surface area contributed by atoms with E-state index in [1.54, 1.807) is 10.9 Å². The van der Waals surface area contributed by atoms with Gasteiger partial charge in [-0.25, -0.2) is 4.68 Å². The fourth-order valence-corrected chi connectivity index (χ4v) is 3.01. The van der Waals surface area contributed by atoms with Crippen molar-refractivity contribution in [1.29, 1.82) is 0 Å². The lowest BCUT2D eigenvalue weighted by atomic mass is 10.3. The maximum atomic E-state index is 11.6. The summed E-state index contributed by atoms with van der Waals surface area (Å²) in [5.41, 5.74) is 1.88. The van der Waals surface area contributed by atoms with Gasteiger partial charge in [-0.1, -0.05) is 30.0 Å². The summed E-state index contributed by atoms with van der Waals surface area (Å²) in [4.78, 5) is 12.2. The molecule has 1 unspecified atom stereocenters. The van der Waals surface area contributed by atoms with Crippen molar-refractivity contribution >= 4 is 36.4 Å². The number of aromatic nitrogens is 2. The molecule has 19 heavy (non-hydrogen) atoms. The topological polar surface area (TPSA) is 46.9 Å². The van der Waals surface area contributed by atoms with E-state index in [0.29, 0.717) is 4.91 Å². The van der Waals surface area contributed by atoms with E-state index in [-0.39, 0.29) is 10.6 Å². The van der Waals surface area contributed by atoms with Gasteiger partial charge in [-0.3, -0.25) is 4.79 Å². The van der Waals surface area contributed by atoms with E-state index < -0.39 is 0 Å². The summed E-state index contributed by atoms with van der Waals surface area (Å²) >= 11 is 5.61. The third-order valence-corrected chi connectivity index (χ3v) is 3.98. The average Bonchev–Trinajstić information content (AvgIpc) is 2.99. The summed E-state index contributed by atoms with van der Waals surface area (Å²) in [7, 11) is 0. The van der Waals surface area contributed by atoms with Crippen molar-refractivity contribution in [3.63, 3.8) is 0 Å². The number of thiol groups is 1. The summed E-state index contributed by atoms with van der Waals surface area (Å²) < 4.78 is 1.62. The van der Waals surface area contributed by atoms with Crippen LogP contribution < -0.4 is 5.32 Å². The van der Waals surface area contributed by atoms with Crippen LogP contribution in [0.5, 0.6) is 0 Å². The molecule has 2 heterocycles. The molecular formula is C13H11N3OS2. The first-order valence-electron chi connectivity index (χ1n) is 5.70. The molecule has 1 amide bonds. The van der Waals surface area contributed by atoms with Crippen molar-refractivity contribution in [2.45, 2.75) is 4.71 Å². The maximum Gasteiger partial charge on any atom is 0.259 e. The fourth-order valence-electron chi connectivity index (χ4n) is 1.77. The third-order valence-electron chi connectivity index (χ3n) is 2.64. The van der Waals surface area contributed by atoms with E-state index in [9.17, 15) is 4.79 Å². The molecule has 96 valence electrons. The van der Waals surface area contributed by atoms with Crippen LogP contribution in [-0.2, 0) is 4.79 Å². The maximum absolute atomic E-state index is 11.6. The minimum Gasteiger partial charge on any atom is -0.331 e. The Kier molecular flexibility index (Phi) is 3.35. The van der Waals surface area contributed by atoms with Gasteiger partial charge in [0.1, 0.15) is 4.71 Å². The Labute approximate surface area is 120 Å². The normalized spacial score (nSPS) is 20.8. The third kappa shape index (κ3) is 2.69. The molecule has 1 atom stereocenters. The van der Waals surface area contributed by atoms with Gasteiger partial charge < -0.3 is 5.32 Å². The first-order chi connectivity index (χ1) is 9.22. The Balaban J connectivity index is 1.87. The molecule has 0 bridgehead atoms. The number of hydrogen-bond donors (Lipinski definition) is 2. The summed E-state index contributed by atoms with van der Waals surface area (Å²) in [6.45, 7) is 0. The predicted molar refractivity (Wildman–Crippen MR) is 80.0 cm³/mol. The number of amides is 1. The lowest BCUT2D eigenvalue weighted by Gasteiger charge is -1.98. The van der Waals surface area contributed by atoms with Crippen molar-refractivity contribution in [3.05, 3.63) is 53.2 Å². The van der Waals surface area contributed by atoms with Crippen LogP contribution in [0, 0.1) is 0 Å². The number of hydrogen-bond acceptors (Lipinski definition) is 4. The molecule has 1 aliphatic heterocycles. The van der Waals surface area contributed by atoms with Gasteiger partial charge in [-0.2, -0.15) is 5.10 Å². The van der Waals surface area contributed by atoms with E-state index >= 15 is 0 Å². The zero-order valence-electron chi connectivity index (χ0n) is 9.85. The van der Waals surface area contributed by atoms with Crippen LogP contribution >= 0.6 is 24.4 Å². The number of benzene rings is 1. The molecule has 0 aliphatic carbocycles. The minimum absolute atomic E-state index is 0.0857. The molecular weight excluding hydrogens is 278 g/mol. The van der Waals surface area contributed by atoms with Crippen LogP contribution in [0.25, 0.3) is 11.8 Å². The quantitative estimate of drug-likeness (QED) is 0.659. The number of carbonyl (C=O) groups is 1. The highest BCUT2D eigenvalue weighted by atomic mass is 32.2. The Morgan fingerprint density at radius 2 is 2.16 bits per heavy atom. The van der Waals surface area contributed by atoms with Gasteiger partial charge in [0.2, 0.25) is 0 Å². The highest BCUT2D eigenvalue weighted by Crippen LogP contribution is 2.30. The van der Waals surface area contributed by atoms with Crippen LogP contribution in [0.15, 0.2) is 47.6 Å². The predicted octanol–water partition coefficient (Wildman–Crippen LogP) is 2.29. The highest BCUT2D eigenvalue weighted by Gasteiger charge is 2.24. The van der Waals surface area contributed by atoms with Crippen molar-refractivity contribution in [2.75, 3.05) is 0 Å². The molecule has 2 aromatic rings. The SMILES string of the molecule is O=C1NC(S)S/C1=C\c1cnn(-c2ccccc2)c1. The second-order valence-electron chi connectivity index (χ2n) is 4.01. The minimum atomic E-state index is -0.164. The number of nitrogens with zero attached hydrogens (tertiary/aromatic N) is 2. The van der Waals surface area contributed by atoms with E-state index in [2.05, 4.69) is 23.0 Å². The number of para-hydroxylation sites is 1. The van der Waals surface area contributed by atoms with E-state index in [4.69, 9.17) is 0 Å². The van der Waals surface area contributed by atoms with Gasteiger partial charge in [0.05, 0.1) is 16.8 Å². The molecule has 0 radical (unpaired) electrons. The Bertz CT molecular complexity index is 636. The smallest absolute Gasteiger partial charge is 0.259 e. The summed E-state index contributed by atoms with van der Waals surface area (Å²) in [6.07, 6.45) is 5.45. The molecule has 1 aromatic heterocycles. The Morgan fingerprint density at radius 3 is 2.84 bits per heavy atom. The number of thioether (sulfide) groups is 1. The molecule has 1 aromatic carbocycles. The van der Waals surface area contributed by atoms with Gasteiger partial charge in [-0.15, -0.1) is 12.6 Å². The standard InChI is InChI=1S/C13H11N3OS2/c17-12-11(19-13(18)15-12)6-9-7-14-16(8-9)10-4-2-1-3-5-10/h1-8,13,18H,(H,15,17)/b11-6-. The van der Waals surface area contributed by atoms with Gasteiger partial charge in [0, 0.05) is 11.8 Å². The number of nitrogens with one attached hydrogen (secondary N) is 1. The van der Waals surface area contributed by atoms with Crippen LogP contribution in [0.1, 0.15) is 5.56 Å². The number of rotatable bonds is 2. The molecule has 0 saturated carbocycles. The molecule has 1 aliphatic rings. The van der Waals surface area contributed by atoms with E-state index in [1.807, 2.05) is 42.6 Å². The second-order valence-corrected chi connectivity index (χ2v) is 6.02. The Morgan fingerprint density at radius 1 is 1.37 bits per heavy atom. The van der Waals surface area contributed by atoms with Crippen LogP contribution in [-0.4, -0.2) is 20.4 Å². The molecule has 1 fully saturated rings. The second kappa shape index (κ2) is 5.14. The molecule has 1 saturated heterocycles. The van der Waals surface area contributed by atoms with Gasteiger partial charge in [-0.05, 0) is 18.2 Å². The van der Waals surface area contributed by atoms with Crippen LogP contribution in [0.2, 0.25) is 0 Å². The van der Waals surface area contributed by atoms with Crippen molar-refractivity contribution < 1.29 is 4.79 Å². The fraction of sp³-hybridized carbons (Fsp3) is 0.0769. The number of carbonyl (C=O) groups excluding carboxylic acids is 1. The molecule has 6 heteroatoms. The zero-order valence-corrected chi connectivity index (χ0v) is 11.6.